The van der Waals surface area contributed by atoms with Crippen molar-refractivity contribution in [2.75, 3.05) is 34.1 Å². The lowest BCUT2D eigenvalue weighted by Gasteiger charge is -2.40. The highest BCUT2D eigenvalue weighted by molar-refractivity contribution is 7.54. The molecule has 0 saturated heterocycles. The molecule has 0 N–H and O–H groups in total. The van der Waals surface area contributed by atoms with Crippen molar-refractivity contribution in [3.05, 3.63) is 11.6 Å². The molecule has 1 aliphatic heterocycles. The molecule has 116 valence electrons. The first kappa shape index (κ1) is 17.4. The van der Waals surface area contributed by atoms with Crippen molar-refractivity contribution in [1.29, 1.82) is 0 Å². The van der Waals surface area contributed by atoms with Gasteiger partial charge in [0.15, 0.2) is 5.60 Å². The van der Waals surface area contributed by atoms with Gasteiger partial charge < -0.3 is 18.5 Å². The van der Waals surface area contributed by atoms with Gasteiger partial charge in [0.2, 0.25) is 0 Å². The SMILES string of the molecule is COC(=O)C1(C(C)(C)C)OCC=C1CP(=O)(OC)OC. The molecule has 6 nitrogen and oxygen atoms in total. The van der Waals surface area contributed by atoms with Crippen LogP contribution in [0.2, 0.25) is 0 Å². The molecule has 0 bridgehead atoms. The van der Waals surface area contributed by atoms with Crippen molar-refractivity contribution in [3.63, 3.8) is 0 Å². The third kappa shape index (κ3) is 2.84. The molecule has 1 atom stereocenters. The van der Waals surface area contributed by atoms with Crippen LogP contribution < -0.4 is 0 Å². The maximum Gasteiger partial charge on any atom is 0.343 e. The normalized spacial score (nSPS) is 23.6. The molecule has 0 radical (unpaired) electrons. The first-order valence-electron chi connectivity index (χ1n) is 6.29. The monoisotopic (exact) mass is 306 g/mol. The van der Waals surface area contributed by atoms with Crippen molar-refractivity contribution in [2.24, 2.45) is 5.41 Å². The highest BCUT2D eigenvalue weighted by Crippen LogP contribution is 2.54. The van der Waals surface area contributed by atoms with E-state index in [9.17, 15) is 9.36 Å². The number of rotatable bonds is 5. The summed E-state index contributed by atoms with van der Waals surface area (Å²) >= 11 is 0. The van der Waals surface area contributed by atoms with Gasteiger partial charge in [-0.2, -0.15) is 0 Å². The summed E-state index contributed by atoms with van der Waals surface area (Å²) in [6, 6.07) is 0. The zero-order valence-electron chi connectivity index (χ0n) is 12.9. The number of esters is 1. The fourth-order valence-corrected chi connectivity index (χ4v) is 3.61. The molecule has 0 amide bonds. The Hall–Kier alpha value is -0.680. The Kier molecular flexibility index (Phi) is 5.19. The van der Waals surface area contributed by atoms with Crippen LogP contribution in [0, 0.1) is 5.41 Å². The maximum absolute atomic E-state index is 12.3. The van der Waals surface area contributed by atoms with Crippen LogP contribution in [0.25, 0.3) is 0 Å². The van der Waals surface area contributed by atoms with Crippen molar-refractivity contribution >= 4 is 13.6 Å². The Balaban J connectivity index is 3.24. The second-order valence-corrected chi connectivity index (χ2v) is 7.87. The summed E-state index contributed by atoms with van der Waals surface area (Å²) in [7, 11) is 0.655. The molecule has 0 aromatic carbocycles. The minimum atomic E-state index is -3.29. The fraction of sp³-hybridized carbons (Fsp3) is 0.769. The van der Waals surface area contributed by atoms with Gasteiger partial charge in [0.1, 0.15) is 0 Å². The van der Waals surface area contributed by atoms with Crippen LogP contribution in [0.3, 0.4) is 0 Å². The Morgan fingerprint density at radius 1 is 1.35 bits per heavy atom. The van der Waals surface area contributed by atoms with Gasteiger partial charge in [0, 0.05) is 19.6 Å². The second kappa shape index (κ2) is 5.98. The van der Waals surface area contributed by atoms with Gasteiger partial charge in [-0.15, -0.1) is 0 Å². The summed E-state index contributed by atoms with van der Waals surface area (Å²) in [5.41, 5.74) is -1.26. The van der Waals surface area contributed by atoms with Gasteiger partial charge in [-0.25, -0.2) is 4.79 Å². The smallest absolute Gasteiger partial charge is 0.343 e. The van der Waals surface area contributed by atoms with Crippen LogP contribution in [0.4, 0.5) is 0 Å². The van der Waals surface area contributed by atoms with Crippen LogP contribution >= 0.6 is 7.60 Å². The average Bonchev–Trinajstić information content (AvgIpc) is 2.81. The highest BCUT2D eigenvalue weighted by Gasteiger charge is 2.57. The van der Waals surface area contributed by atoms with Crippen LogP contribution in [0.1, 0.15) is 20.8 Å². The molecule has 20 heavy (non-hydrogen) atoms. The van der Waals surface area contributed by atoms with E-state index in [4.69, 9.17) is 18.5 Å². The third-order valence-electron chi connectivity index (χ3n) is 3.53. The van der Waals surface area contributed by atoms with E-state index in [1.807, 2.05) is 20.8 Å². The number of ether oxygens (including phenoxy) is 2. The van der Waals surface area contributed by atoms with Crippen LogP contribution in [-0.4, -0.2) is 45.7 Å². The average molecular weight is 306 g/mol. The minimum absolute atomic E-state index is 0.00757. The third-order valence-corrected chi connectivity index (χ3v) is 5.37. The second-order valence-electron chi connectivity index (χ2n) is 5.60. The summed E-state index contributed by atoms with van der Waals surface area (Å²) in [5, 5.41) is 0. The standard InChI is InChI=1S/C13H23O6P/c1-12(2,3)13(11(14)16-4)10(7-8-19-13)9-20(15,17-5)18-6/h7H,8-9H2,1-6H3. The minimum Gasteiger partial charge on any atom is -0.467 e. The summed E-state index contributed by atoms with van der Waals surface area (Å²) in [5.74, 6) is -0.507. The quantitative estimate of drug-likeness (QED) is 0.441. The number of hydrogen-bond acceptors (Lipinski definition) is 6. The molecule has 1 rings (SSSR count). The Labute approximate surface area is 120 Å². The molecule has 0 saturated carbocycles. The first-order valence-corrected chi connectivity index (χ1v) is 8.02. The summed E-state index contributed by atoms with van der Waals surface area (Å²) in [6.45, 7) is 5.87. The molecule has 0 spiro atoms. The van der Waals surface area contributed by atoms with E-state index >= 15 is 0 Å². The van der Waals surface area contributed by atoms with E-state index in [1.54, 1.807) is 6.08 Å². The van der Waals surface area contributed by atoms with Gasteiger partial charge in [0.25, 0.3) is 0 Å². The molecule has 1 unspecified atom stereocenters. The van der Waals surface area contributed by atoms with Crippen molar-refractivity contribution < 1.29 is 27.9 Å². The van der Waals surface area contributed by atoms with E-state index in [0.29, 0.717) is 5.57 Å². The Bertz CT molecular complexity index is 442. The summed E-state index contributed by atoms with van der Waals surface area (Å²) in [6.07, 6.45) is 1.74. The fourth-order valence-electron chi connectivity index (χ4n) is 2.43. The predicted octanol–water partition coefficient (Wildman–Crippen LogP) is 2.39. The molecule has 0 aromatic heterocycles. The van der Waals surface area contributed by atoms with E-state index in [2.05, 4.69) is 0 Å². The molecular formula is C13H23O6P. The maximum atomic E-state index is 12.3. The number of carbonyl (C=O) groups is 1. The molecule has 7 heteroatoms. The number of methoxy groups -OCH3 is 1. The summed E-state index contributed by atoms with van der Waals surface area (Å²) in [4.78, 5) is 12.3. The van der Waals surface area contributed by atoms with E-state index in [0.717, 1.165) is 0 Å². The molecule has 0 fully saturated rings. The Morgan fingerprint density at radius 2 is 1.90 bits per heavy atom. The van der Waals surface area contributed by atoms with Gasteiger partial charge in [-0.3, -0.25) is 4.57 Å². The lowest BCUT2D eigenvalue weighted by molar-refractivity contribution is -0.173. The van der Waals surface area contributed by atoms with Crippen molar-refractivity contribution in [2.45, 2.75) is 26.4 Å². The zero-order valence-corrected chi connectivity index (χ0v) is 13.8. The van der Waals surface area contributed by atoms with E-state index in [1.165, 1.54) is 21.3 Å². The summed E-state index contributed by atoms with van der Waals surface area (Å²) < 4.78 is 32.9. The van der Waals surface area contributed by atoms with Crippen LogP contribution in [0.15, 0.2) is 11.6 Å². The van der Waals surface area contributed by atoms with Gasteiger partial charge in [-0.05, 0) is 5.57 Å². The van der Waals surface area contributed by atoms with E-state index in [-0.39, 0.29) is 12.8 Å². The van der Waals surface area contributed by atoms with Crippen LogP contribution in [0.5, 0.6) is 0 Å². The van der Waals surface area contributed by atoms with Gasteiger partial charge in [0.05, 0.1) is 19.9 Å². The zero-order chi connectivity index (χ0) is 15.6. The first-order chi connectivity index (χ1) is 9.16. The van der Waals surface area contributed by atoms with Crippen molar-refractivity contribution in [3.8, 4) is 0 Å². The highest BCUT2D eigenvalue weighted by atomic mass is 31.2. The topological polar surface area (TPSA) is 71.1 Å². The lowest BCUT2D eigenvalue weighted by atomic mass is 9.72. The molecular weight excluding hydrogens is 283 g/mol. The predicted molar refractivity (Wildman–Crippen MR) is 74.7 cm³/mol. The molecule has 1 heterocycles. The van der Waals surface area contributed by atoms with Crippen molar-refractivity contribution in [1.82, 2.24) is 0 Å². The van der Waals surface area contributed by atoms with Crippen LogP contribution in [-0.2, 0) is 27.9 Å². The number of carbonyl (C=O) groups excluding carboxylic acids is 1. The van der Waals surface area contributed by atoms with Gasteiger partial charge >= 0.3 is 13.6 Å². The van der Waals surface area contributed by atoms with Gasteiger partial charge in [-0.1, -0.05) is 26.8 Å². The molecule has 0 aliphatic carbocycles. The lowest BCUT2D eigenvalue weighted by Crippen LogP contribution is -2.53. The largest absolute Gasteiger partial charge is 0.467 e. The Morgan fingerprint density at radius 3 is 2.30 bits per heavy atom. The number of hydrogen-bond donors (Lipinski definition) is 0. The molecule has 1 aliphatic rings. The van der Waals surface area contributed by atoms with E-state index < -0.39 is 24.6 Å². The molecule has 0 aromatic rings.